The number of nitro benzene ring substituents is 1. The third kappa shape index (κ3) is 3.85. The number of sulfonamides is 1. The van der Waals surface area contributed by atoms with Crippen LogP contribution in [0.1, 0.15) is 32.6 Å². The van der Waals surface area contributed by atoms with Crippen LogP contribution in [0.2, 0.25) is 5.02 Å². The Bertz CT molecular complexity index is 1130. The van der Waals surface area contributed by atoms with Crippen LogP contribution < -0.4 is 4.72 Å². The molecule has 8 nitrogen and oxygen atoms in total. The third-order valence-corrected chi connectivity index (χ3v) is 7.32. The second-order valence-corrected chi connectivity index (χ2v) is 9.03. The van der Waals surface area contributed by atoms with E-state index in [1.54, 1.807) is 13.8 Å². The smallest absolute Gasteiger partial charge is 0.337 e. The van der Waals surface area contributed by atoms with Gasteiger partial charge in [-0.3, -0.25) is 14.8 Å². The Morgan fingerprint density at radius 1 is 1.18 bits per heavy atom. The number of nitrogens with one attached hydrogen (secondary N) is 1. The summed E-state index contributed by atoms with van der Waals surface area (Å²) >= 11 is 9.33. The van der Waals surface area contributed by atoms with E-state index < -0.39 is 36.5 Å². The van der Waals surface area contributed by atoms with E-state index in [1.807, 2.05) is 0 Å². The number of nitro groups is 1. The van der Waals surface area contributed by atoms with Gasteiger partial charge in [0, 0.05) is 10.0 Å². The largest absolute Gasteiger partial charge is 0.478 e. The predicted octanol–water partition coefficient (Wildman–Crippen LogP) is 4.74. The standard InChI is InChI=1S/C17H16BrClN2O6S/c1-7-5-11(17(22)23)14(19)16(8(7)2)28(26,27)20-13-6-12(18)9(3)10(4)15(13)21(24)25/h5-6,20H,1-4H3,(H,22,23). The molecule has 0 heterocycles. The summed E-state index contributed by atoms with van der Waals surface area (Å²) in [6.45, 7) is 6.19. The molecule has 2 aromatic carbocycles. The molecule has 2 rings (SSSR count). The van der Waals surface area contributed by atoms with Crippen molar-refractivity contribution in [1.82, 2.24) is 0 Å². The van der Waals surface area contributed by atoms with Crippen LogP contribution in [0.25, 0.3) is 0 Å². The van der Waals surface area contributed by atoms with E-state index >= 15 is 0 Å². The molecule has 28 heavy (non-hydrogen) atoms. The number of hydrogen-bond acceptors (Lipinski definition) is 5. The van der Waals surface area contributed by atoms with Gasteiger partial charge >= 0.3 is 5.97 Å². The molecule has 150 valence electrons. The number of carbonyl (C=O) groups is 1. The highest BCUT2D eigenvalue weighted by molar-refractivity contribution is 9.10. The fraction of sp³-hybridized carbons (Fsp3) is 0.235. The molecule has 0 spiro atoms. The molecule has 0 bridgehead atoms. The van der Waals surface area contributed by atoms with E-state index in [9.17, 15) is 28.4 Å². The van der Waals surface area contributed by atoms with Crippen LogP contribution in [0, 0.1) is 37.8 Å². The summed E-state index contributed by atoms with van der Waals surface area (Å²) in [5, 5.41) is 20.3. The topological polar surface area (TPSA) is 127 Å². The van der Waals surface area contributed by atoms with Crippen molar-refractivity contribution in [2.45, 2.75) is 32.6 Å². The summed E-state index contributed by atoms with van der Waals surface area (Å²) in [5.41, 5.74) is 0.493. The number of aromatic carboxylic acids is 1. The SMILES string of the molecule is Cc1cc(C(=O)O)c(Cl)c(S(=O)(=O)Nc2cc(Br)c(C)c(C)c2[N+](=O)[O-])c1C. The van der Waals surface area contributed by atoms with Crippen LogP contribution >= 0.6 is 27.5 Å². The fourth-order valence-corrected chi connectivity index (χ4v) is 5.27. The number of halogens is 2. The zero-order chi connectivity index (χ0) is 21.5. The van der Waals surface area contributed by atoms with Gasteiger partial charge in [0.05, 0.1) is 15.5 Å². The van der Waals surface area contributed by atoms with Gasteiger partial charge in [-0.1, -0.05) is 27.5 Å². The fourth-order valence-electron chi connectivity index (χ4n) is 2.70. The van der Waals surface area contributed by atoms with E-state index in [4.69, 9.17) is 11.6 Å². The van der Waals surface area contributed by atoms with Gasteiger partial charge in [-0.2, -0.15) is 0 Å². The van der Waals surface area contributed by atoms with Crippen molar-refractivity contribution in [3.63, 3.8) is 0 Å². The van der Waals surface area contributed by atoms with E-state index in [2.05, 4.69) is 20.7 Å². The maximum absolute atomic E-state index is 13.0. The first-order chi connectivity index (χ1) is 12.8. The second kappa shape index (κ2) is 7.69. The molecule has 0 fully saturated rings. The summed E-state index contributed by atoms with van der Waals surface area (Å²) in [6.07, 6.45) is 0. The molecule has 0 radical (unpaired) electrons. The molecule has 0 aliphatic carbocycles. The molecule has 0 saturated carbocycles. The number of benzene rings is 2. The Balaban J connectivity index is 2.77. The molecule has 0 unspecified atom stereocenters. The Hall–Kier alpha value is -2.17. The van der Waals surface area contributed by atoms with Crippen molar-refractivity contribution < 1.29 is 23.2 Å². The second-order valence-electron chi connectivity index (χ2n) is 6.18. The van der Waals surface area contributed by atoms with Crippen molar-refractivity contribution in [2.24, 2.45) is 0 Å². The highest BCUT2D eigenvalue weighted by atomic mass is 79.9. The van der Waals surface area contributed by atoms with Crippen LogP contribution in [-0.4, -0.2) is 24.4 Å². The Morgan fingerprint density at radius 3 is 2.25 bits per heavy atom. The van der Waals surface area contributed by atoms with Gasteiger partial charge in [-0.05, 0) is 56.5 Å². The van der Waals surface area contributed by atoms with Crippen LogP contribution in [0.15, 0.2) is 21.5 Å². The van der Waals surface area contributed by atoms with E-state index in [-0.39, 0.29) is 22.4 Å². The van der Waals surface area contributed by atoms with Crippen molar-refractivity contribution in [2.75, 3.05) is 4.72 Å². The van der Waals surface area contributed by atoms with E-state index in [0.717, 1.165) is 0 Å². The molecular weight excluding hydrogens is 476 g/mol. The quantitative estimate of drug-likeness (QED) is 0.459. The van der Waals surface area contributed by atoms with Gasteiger partial charge in [0.2, 0.25) is 0 Å². The highest BCUT2D eigenvalue weighted by Gasteiger charge is 2.30. The van der Waals surface area contributed by atoms with Gasteiger partial charge in [0.1, 0.15) is 10.6 Å². The summed E-state index contributed by atoms with van der Waals surface area (Å²) < 4.78 is 28.7. The maximum atomic E-state index is 13.0. The lowest BCUT2D eigenvalue weighted by Gasteiger charge is -2.17. The first-order valence-electron chi connectivity index (χ1n) is 7.79. The predicted molar refractivity (Wildman–Crippen MR) is 109 cm³/mol. The number of nitrogens with zero attached hydrogens (tertiary/aromatic N) is 1. The zero-order valence-corrected chi connectivity index (χ0v) is 18.4. The molecule has 0 atom stereocenters. The number of rotatable bonds is 5. The summed E-state index contributed by atoms with van der Waals surface area (Å²) in [5.74, 6) is -1.38. The summed E-state index contributed by atoms with van der Waals surface area (Å²) in [7, 11) is -4.43. The molecule has 0 saturated heterocycles. The molecule has 2 N–H and O–H groups in total. The maximum Gasteiger partial charge on any atom is 0.337 e. The number of hydrogen-bond donors (Lipinski definition) is 2. The van der Waals surface area contributed by atoms with Crippen LogP contribution in [0.5, 0.6) is 0 Å². The van der Waals surface area contributed by atoms with Gasteiger partial charge in [-0.15, -0.1) is 0 Å². The zero-order valence-electron chi connectivity index (χ0n) is 15.3. The molecular formula is C17H16BrClN2O6S. The van der Waals surface area contributed by atoms with Crippen molar-refractivity contribution >= 4 is 54.9 Å². The molecule has 0 aromatic heterocycles. The number of anilines is 1. The van der Waals surface area contributed by atoms with Gasteiger partial charge in [0.25, 0.3) is 15.7 Å². The average Bonchev–Trinajstić information content (AvgIpc) is 2.55. The van der Waals surface area contributed by atoms with Gasteiger partial charge < -0.3 is 5.11 Å². The van der Waals surface area contributed by atoms with E-state index in [1.165, 1.54) is 26.0 Å². The summed E-state index contributed by atoms with van der Waals surface area (Å²) in [4.78, 5) is 21.8. The molecule has 11 heteroatoms. The monoisotopic (exact) mass is 490 g/mol. The lowest BCUT2D eigenvalue weighted by atomic mass is 10.1. The van der Waals surface area contributed by atoms with Crippen molar-refractivity contribution in [3.8, 4) is 0 Å². The first-order valence-corrected chi connectivity index (χ1v) is 10.4. The number of aryl methyl sites for hydroxylation is 1. The molecule has 0 aliphatic rings. The third-order valence-electron chi connectivity index (χ3n) is 4.46. The summed E-state index contributed by atoms with van der Waals surface area (Å²) in [6, 6.07) is 2.56. The molecule has 0 aliphatic heterocycles. The normalized spacial score (nSPS) is 11.4. The lowest BCUT2D eigenvalue weighted by Crippen LogP contribution is -2.18. The van der Waals surface area contributed by atoms with Crippen LogP contribution in [0.3, 0.4) is 0 Å². The van der Waals surface area contributed by atoms with Crippen molar-refractivity contribution in [3.05, 3.63) is 59.6 Å². The minimum absolute atomic E-state index is 0.244. The Kier molecular flexibility index (Phi) is 6.07. The number of carboxylic acids is 1. The first kappa shape index (κ1) is 22.1. The van der Waals surface area contributed by atoms with Crippen molar-refractivity contribution in [1.29, 1.82) is 0 Å². The Morgan fingerprint density at radius 2 is 1.75 bits per heavy atom. The van der Waals surface area contributed by atoms with Gasteiger partial charge in [0.15, 0.2) is 0 Å². The molecule has 0 amide bonds. The van der Waals surface area contributed by atoms with Crippen LogP contribution in [-0.2, 0) is 10.0 Å². The van der Waals surface area contributed by atoms with Gasteiger partial charge in [-0.25, -0.2) is 13.2 Å². The number of carboxylic acid groups (broad SMARTS) is 1. The average molecular weight is 492 g/mol. The lowest BCUT2D eigenvalue weighted by molar-refractivity contribution is -0.384. The minimum atomic E-state index is -4.43. The van der Waals surface area contributed by atoms with E-state index in [0.29, 0.717) is 15.6 Å². The highest BCUT2D eigenvalue weighted by Crippen LogP contribution is 2.38. The minimum Gasteiger partial charge on any atom is -0.478 e. The molecule has 2 aromatic rings. The van der Waals surface area contributed by atoms with Crippen LogP contribution in [0.4, 0.5) is 11.4 Å². The Labute approximate surface area is 174 Å².